The van der Waals surface area contributed by atoms with Gasteiger partial charge in [0.05, 0.1) is 0 Å². The fourth-order valence-electron chi connectivity index (χ4n) is 1.84. The van der Waals surface area contributed by atoms with E-state index in [1.54, 1.807) is 4.90 Å². The van der Waals surface area contributed by atoms with Crippen molar-refractivity contribution in [3.05, 3.63) is 0 Å². The molecule has 96 valence electrons. The number of hydrogen-bond donors (Lipinski definition) is 1. The number of carbonyl (C=O) groups excluding carboxylic acids is 2. The molecule has 0 bridgehead atoms. The third-order valence-electron chi connectivity index (χ3n) is 2.64. The summed E-state index contributed by atoms with van der Waals surface area (Å²) in [6.45, 7) is 2.68. The van der Waals surface area contributed by atoms with Crippen LogP contribution in [0.5, 0.6) is 0 Å². The van der Waals surface area contributed by atoms with Gasteiger partial charge in [-0.3, -0.25) is 14.4 Å². The first-order chi connectivity index (χ1) is 7.99. The Morgan fingerprint density at radius 3 is 2.82 bits per heavy atom. The summed E-state index contributed by atoms with van der Waals surface area (Å²) < 4.78 is 0. The Balaban J connectivity index is 2.26. The lowest BCUT2D eigenvalue weighted by Gasteiger charge is -2.15. The van der Waals surface area contributed by atoms with Gasteiger partial charge in [-0.15, -0.1) is 0 Å². The number of hydrogen-bond acceptors (Lipinski definition) is 4. The van der Waals surface area contributed by atoms with Gasteiger partial charge in [0, 0.05) is 38.6 Å². The molecule has 0 aromatic rings. The fourth-order valence-corrected chi connectivity index (χ4v) is 2.53. The number of carbonyl (C=O) groups is 3. The number of carboxylic acids is 1. The van der Waals surface area contributed by atoms with Gasteiger partial charge in [0.25, 0.3) is 0 Å². The van der Waals surface area contributed by atoms with Crippen LogP contribution in [-0.4, -0.2) is 45.8 Å². The first-order valence-electron chi connectivity index (χ1n) is 5.62. The van der Waals surface area contributed by atoms with Gasteiger partial charge in [-0.25, -0.2) is 0 Å². The van der Waals surface area contributed by atoms with Crippen LogP contribution in [0.2, 0.25) is 0 Å². The summed E-state index contributed by atoms with van der Waals surface area (Å²) in [4.78, 5) is 34.5. The maximum atomic E-state index is 11.6. The Hall–Kier alpha value is -1.04. The van der Waals surface area contributed by atoms with Gasteiger partial charge in [-0.05, 0) is 12.3 Å². The Labute approximate surface area is 105 Å². The second kappa shape index (κ2) is 6.64. The van der Waals surface area contributed by atoms with Crippen molar-refractivity contribution in [3.63, 3.8) is 0 Å². The van der Waals surface area contributed by atoms with Gasteiger partial charge in [-0.2, -0.15) is 0 Å². The molecule has 6 heteroatoms. The van der Waals surface area contributed by atoms with Crippen LogP contribution in [0, 0.1) is 5.92 Å². The third kappa shape index (κ3) is 5.21. The summed E-state index contributed by atoms with van der Waals surface area (Å²) in [5, 5.41) is 8.58. The lowest BCUT2D eigenvalue weighted by Crippen LogP contribution is -2.27. The van der Waals surface area contributed by atoms with E-state index in [1.807, 2.05) is 0 Å². The molecule has 1 amide bonds. The molecule has 1 aliphatic rings. The number of carboxylic acid groups (broad SMARTS) is 1. The smallest absolute Gasteiger partial charge is 0.303 e. The maximum absolute atomic E-state index is 11.6. The number of rotatable bonds is 6. The van der Waals surface area contributed by atoms with Gasteiger partial charge in [0.1, 0.15) is 0 Å². The van der Waals surface area contributed by atoms with Gasteiger partial charge in [0.15, 0.2) is 5.12 Å². The minimum Gasteiger partial charge on any atom is -0.481 e. The van der Waals surface area contributed by atoms with Crippen LogP contribution in [-0.2, 0) is 14.4 Å². The van der Waals surface area contributed by atoms with Crippen LogP contribution in [0.25, 0.3) is 0 Å². The largest absolute Gasteiger partial charge is 0.481 e. The molecule has 17 heavy (non-hydrogen) atoms. The molecule has 1 N–H and O–H groups in total. The summed E-state index contributed by atoms with van der Waals surface area (Å²) in [5.74, 6) is 0.141. The molecular formula is C11H17NO4S. The lowest BCUT2D eigenvalue weighted by molar-refractivity contribution is -0.137. The van der Waals surface area contributed by atoms with Gasteiger partial charge >= 0.3 is 5.97 Å². The molecule has 1 heterocycles. The minimum atomic E-state index is -0.833. The van der Waals surface area contributed by atoms with E-state index < -0.39 is 5.97 Å². The second-order valence-corrected chi connectivity index (χ2v) is 5.41. The molecule has 0 radical (unpaired) electrons. The zero-order valence-corrected chi connectivity index (χ0v) is 10.7. The summed E-state index contributed by atoms with van der Waals surface area (Å²) in [7, 11) is 0. The fraction of sp³-hybridized carbons (Fsp3) is 0.727. The first kappa shape index (κ1) is 14.0. The highest BCUT2D eigenvalue weighted by Gasteiger charge is 2.29. The zero-order chi connectivity index (χ0) is 12.8. The van der Waals surface area contributed by atoms with Crippen molar-refractivity contribution in [2.45, 2.75) is 26.2 Å². The van der Waals surface area contributed by atoms with E-state index in [2.05, 4.69) is 0 Å². The van der Waals surface area contributed by atoms with E-state index in [4.69, 9.17) is 5.11 Å². The summed E-state index contributed by atoms with van der Waals surface area (Å²) in [5.41, 5.74) is 0. The van der Waals surface area contributed by atoms with Crippen LogP contribution < -0.4 is 0 Å². The molecule has 5 nitrogen and oxygen atoms in total. The van der Waals surface area contributed by atoms with Crippen molar-refractivity contribution >= 4 is 28.8 Å². The van der Waals surface area contributed by atoms with Gasteiger partial charge < -0.3 is 10.0 Å². The number of nitrogens with zero attached hydrogens (tertiary/aromatic N) is 1. The van der Waals surface area contributed by atoms with Crippen LogP contribution in [0.15, 0.2) is 0 Å². The highest BCUT2D eigenvalue weighted by molar-refractivity contribution is 8.13. The van der Waals surface area contributed by atoms with E-state index in [-0.39, 0.29) is 23.4 Å². The average Bonchev–Trinajstić information content (AvgIpc) is 2.56. The quantitative estimate of drug-likeness (QED) is 0.769. The number of amides is 1. The highest BCUT2D eigenvalue weighted by Crippen LogP contribution is 2.22. The van der Waals surface area contributed by atoms with Gasteiger partial charge in [-0.1, -0.05) is 11.8 Å². The molecule has 0 spiro atoms. The Morgan fingerprint density at radius 1 is 1.53 bits per heavy atom. The Kier molecular flexibility index (Phi) is 5.47. The monoisotopic (exact) mass is 259 g/mol. The molecule has 1 atom stereocenters. The Morgan fingerprint density at radius 2 is 2.24 bits per heavy atom. The molecule has 1 fully saturated rings. The highest BCUT2D eigenvalue weighted by atomic mass is 32.2. The van der Waals surface area contributed by atoms with E-state index in [1.165, 1.54) is 18.7 Å². The topological polar surface area (TPSA) is 74.7 Å². The van der Waals surface area contributed by atoms with Crippen molar-refractivity contribution in [2.24, 2.45) is 5.92 Å². The number of thioether (sulfide) groups is 1. The maximum Gasteiger partial charge on any atom is 0.303 e. The Bertz CT molecular complexity index is 319. The normalized spacial score (nSPS) is 19.7. The molecule has 0 saturated carbocycles. The van der Waals surface area contributed by atoms with Crippen LogP contribution in [0.1, 0.15) is 26.2 Å². The predicted octanol–water partition coefficient (Wildman–Crippen LogP) is 0.979. The molecule has 1 saturated heterocycles. The SMILES string of the molecule is CC(=O)SCC1CC(=O)N(CCCC(=O)O)C1. The van der Waals surface area contributed by atoms with E-state index in [0.29, 0.717) is 31.7 Å². The lowest BCUT2D eigenvalue weighted by atomic mass is 10.1. The van der Waals surface area contributed by atoms with Gasteiger partial charge in [0.2, 0.25) is 5.91 Å². The zero-order valence-electron chi connectivity index (χ0n) is 9.85. The van der Waals surface area contributed by atoms with E-state index in [9.17, 15) is 14.4 Å². The van der Waals surface area contributed by atoms with Crippen molar-refractivity contribution in [1.82, 2.24) is 4.90 Å². The van der Waals surface area contributed by atoms with Crippen molar-refractivity contribution < 1.29 is 19.5 Å². The van der Waals surface area contributed by atoms with Crippen molar-refractivity contribution in [1.29, 1.82) is 0 Å². The molecule has 0 aromatic carbocycles. The van der Waals surface area contributed by atoms with E-state index >= 15 is 0 Å². The van der Waals surface area contributed by atoms with Crippen LogP contribution >= 0.6 is 11.8 Å². The second-order valence-electron chi connectivity index (χ2n) is 4.21. The minimum absolute atomic E-state index is 0.0711. The molecule has 0 aromatic heterocycles. The van der Waals surface area contributed by atoms with Crippen molar-refractivity contribution in [3.8, 4) is 0 Å². The summed E-state index contributed by atoms with van der Waals surface area (Å²) in [6.07, 6.45) is 1.07. The summed E-state index contributed by atoms with van der Waals surface area (Å²) >= 11 is 1.25. The standard InChI is InChI=1S/C11H17NO4S/c1-8(13)17-7-9-5-10(14)12(6-9)4-2-3-11(15)16/h9H,2-7H2,1H3,(H,15,16). The number of likely N-dealkylation sites (tertiary alicyclic amines) is 1. The molecule has 1 rings (SSSR count). The van der Waals surface area contributed by atoms with Crippen LogP contribution in [0.3, 0.4) is 0 Å². The number of aliphatic carboxylic acids is 1. The molecule has 1 unspecified atom stereocenters. The average molecular weight is 259 g/mol. The van der Waals surface area contributed by atoms with E-state index in [0.717, 1.165) is 0 Å². The molecular weight excluding hydrogens is 242 g/mol. The predicted molar refractivity (Wildman–Crippen MR) is 64.7 cm³/mol. The molecule has 0 aliphatic carbocycles. The van der Waals surface area contributed by atoms with Crippen LogP contribution in [0.4, 0.5) is 0 Å². The summed E-state index contributed by atoms with van der Waals surface area (Å²) in [6, 6.07) is 0. The molecule has 1 aliphatic heterocycles. The van der Waals surface area contributed by atoms with Crippen molar-refractivity contribution in [2.75, 3.05) is 18.8 Å². The first-order valence-corrected chi connectivity index (χ1v) is 6.60. The third-order valence-corrected chi connectivity index (χ3v) is 3.68.